The van der Waals surface area contributed by atoms with Crippen LogP contribution in [-0.2, 0) is 15.1 Å². The minimum atomic E-state index is -1.45. The Labute approximate surface area is 223 Å². The molecule has 7 nitrogen and oxygen atoms in total. The van der Waals surface area contributed by atoms with Crippen molar-refractivity contribution < 1.29 is 32.3 Å². The summed E-state index contributed by atoms with van der Waals surface area (Å²) in [5, 5.41) is 5.58. The van der Waals surface area contributed by atoms with Crippen molar-refractivity contribution in [3.05, 3.63) is 89.2 Å². The molecular formula is C29H26F3N3O4. The standard InChI is InChI=1S/C29H26F3N3O4/c1-39-22-5-2-4-21(15-22)35-16-17(12-25(35)36)27(37)34-29(10-3-11-29)18-6-8-20(9-7-18)33-28(38)23-13-19(30)14-24(31)26(23)32/h2,4-9,13-15,17H,3,10-12,16H2,1H3,(H,33,38)(H,34,37). The lowest BCUT2D eigenvalue weighted by molar-refractivity contribution is -0.129. The second-order valence-corrected chi connectivity index (χ2v) is 9.81. The average molecular weight is 538 g/mol. The molecule has 2 aliphatic rings. The maximum atomic E-state index is 14.0. The Morgan fingerprint density at radius 2 is 1.77 bits per heavy atom. The van der Waals surface area contributed by atoms with Crippen LogP contribution in [0.25, 0.3) is 0 Å². The molecule has 1 unspecified atom stereocenters. The Morgan fingerprint density at radius 1 is 1.03 bits per heavy atom. The molecular weight excluding hydrogens is 511 g/mol. The smallest absolute Gasteiger partial charge is 0.258 e. The summed E-state index contributed by atoms with van der Waals surface area (Å²) < 4.78 is 46.2. The van der Waals surface area contributed by atoms with E-state index in [1.807, 2.05) is 0 Å². The summed E-state index contributed by atoms with van der Waals surface area (Å²) in [6, 6.07) is 14.8. The Balaban J connectivity index is 1.26. The Hall–Kier alpha value is -4.34. The van der Waals surface area contributed by atoms with Crippen molar-refractivity contribution >= 4 is 29.1 Å². The number of nitrogens with zero attached hydrogens (tertiary/aromatic N) is 1. The van der Waals surface area contributed by atoms with Gasteiger partial charge >= 0.3 is 0 Å². The predicted octanol–water partition coefficient (Wildman–Crippen LogP) is 4.91. The maximum absolute atomic E-state index is 14.0. The molecule has 5 rings (SSSR count). The zero-order valence-electron chi connectivity index (χ0n) is 21.1. The van der Waals surface area contributed by atoms with Crippen LogP contribution < -0.4 is 20.3 Å². The fraction of sp³-hybridized carbons (Fsp3) is 0.276. The number of carbonyl (C=O) groups excluding carboxylic acids is 3. The first-order valence-corrected chi connectivity index (χ1v) is 12.5. The van der Waals surface area contributed by atoms with Crippen molar-refractivity contribution in [3.63, 3.8) is 0 Å². The normalized spacial score (nSPS) is 17.9. The van der Waals surface area contributed by atoms with Crippen molar-refractivity contribution in [1.29, 1.82) is 0 Å². The average Bonchev–Trinajstić information content (AvgIpc) is 3.30. The molecule has 39 heavy (non-hydrogen) atoms. The fourth-order valence-corrected chi connectivity index (χ4v) is 5.06. The molecule has 3 aromatic carbocycles. The third-order valence-electron chi connectivity index (χ3n) is 7.36. The number of halogens is 3. The molecule has 0 radical (unpaired) electrons. The quantitative estimate of drug-likeness (QED) is 0.419. The summed E-state index contributed by atoms with van der Waals surface area (Å²) in [7, 11) is 1.55. The SMILES string of the molecule is COc1cccc(N2CC(C(=O)NC3(c4ccc(NC(=O)c5cc(F)cc(F)c5F)cc4)CCC3)CC2=O)c1. The summed E-state index contributed by atoms with van der Waals surface area (Å²) in [5.74, 6) is -5.18. The van der Waals surface area contributed by atoms with Crippen molar-refractivity contribution in [1.82, 2.24) is 5.32 Å². The number of nitrogens with one attached hydrogen (secondary N) is 2. The third kappa shape index (κ3) is 5.19. The van der Waals surface area contributed by atoms with Crippen LogP contribution >= 0.6 is 0 Å². The monoisotopic (exact) mass is 537 g/mol. The lowest BCUT2D eigenvalue weighted by Gasteiger charge is -2.43. The van der Waals surface area contributed by atoms with E-state index in [9.17, 15) is 27.6 Å². The van der Waals surface area contributed by atoms with Crippen molar-refractivity contribution in [2.75, 3.05) is 23.9 Å². The van der Waals surface area contributed by atoms with Crippen LogP contribution in [0.5, 0.6) is 5.75 Å². The maximum Gasteiger partial charge on any atom is 0.258 e. The number of amides is 3. The molecule has 0 bridgehead atoms. The van der Waals surface area contributed by atoms with Crippen LogP contribution in [0.2, 0.25) is 0 Å². The van der Waals surface area contributed by atoms with Gasteiger partial charge in [-0.1, -0.05) is 18.2 Å². The van der Waals surface area contributed by atoms with Gasteiger partial charge in [0.25, 0.3) is 5.91 Å². The number of hydrogen-bond acceptors (Lipinski definition) is 4. The highest BCUT2D eigenvalue weighted by atomic mass is 19.2. The molecule has 1 saturated carbocycles. The fourth-order valence-electron chi connectivity index (χ4n) is 5.06. The molecule has 10 heteroatoms. The summed E-state index contributed by atoms with van der Waals surface area (Å²) in [6.45, 7) is 0.260. The number of ether oxygens (including phenoxy) is 1. The van der Waals surface area contributed by atoms with Crippen LogP contribution in [0.3, 0.4) is 0 Å². The van der Waals surface area contributed by atoms with Crippen molar-refractivity contribution in [3.8, 4) is 5.75 Å². The molecule has 1 heterocycles. The molecule has 1 aliphatic heterocycles. The van der Waals surface area contributed by atoms with Crippen LogP contribution in [0.1, 0.15) is 41.6 Å². The summed E-state index contributed by atoms with van der Waals surface area (Å²) in [6.07, 6.45) is 2.42. The molecule has 0 spiro atoms. The second kappa shape index (κ2) is 10.4. The minimum Gasteiger partial charge on any atom is -0.497 e. The number of benzene rings is 3. The van der Waals surface area contributed by atoms with Gasteiger partial charge in [0.15, 0.2) is 11.6 Å². The van der Waals surface area contributed by atoms with E-state index in [0.717, 1.165) is 12.0 Å². The molecule has 1 aliphatic carbocycles. The van der Waals surface area contributed by atoms with Gasteiger partial charge in [-0.15, -0.1) is 0 Å². The minimum absolute atomic E-state index is 0.0985. The van der Waals surface area contributed by atoms with E-state index in [0.29, 0.717) is 42.1 Å². The lowest BCUT2D eigenvalue weighted by atomic mass is 9.71. The van der Waals surface area contributed by atoms with E-state index in [1.54, 1.807) is 60.5 Å². The highest BCUT2D eigenvalue weighted by Crippen LogP contribution is 2.42. The number of rotatable bonds is 7. The topological polar surface area (TPSA) is 87.7 Å². The van der Waals surface area contributed by atoms with Gasteiger partial charge in [-0.05, 0) is 55.2 Å². The first-order chi connectivity index (χ1) is 18.7. The molecule has 1 atom stereocenters. The van der Waals surface area contributed by atoms with Gasteiger partial charge in [-0.2, -0.15) is 0 Å². The lowest BCUT2D eigenvalue weighted by Crippen LogP contribution is -2.52. The third-order valence-corrected chi connectivity index (χ3v) is 7.36. The summed E-state index contributed by atoms with van der Waals surface area (Å²) in [4.78, 5) is 39.9. The number of anilines is 2. The molecule has 2 N–H and O–H groups in total. The van der Waals surface area contributed by atoms with Gasteiger partial charge in [0, 0.05) is 36.5 Å². The van der Waals surface area contributed by atoms with E-state index in [4.69, 9.17) is 4.74 Å². The van der Waals surface area contributed by atoms with E-state index in [-0.39, 0.29) is 24.8 Å². The zero-order valence-corrected chi connectivity index (χ0v) is 21.1. The van der Waals surface area contributed by atoms with Crippen LogP contribution in [-0.4, -0.2) is 31.4 Å². The second-order valence-electron chi connectivity index (χ2n) is 9.81. The number of methoxy groups -OCH3 is 1. The van der Waals surface area contributed by atoms with E-state index < -0.39 is 40.4 Å². The first-order valence-electron chi connectivity index (χ1n) is 12.5. The summed E-state index contributed by atoms with van der Waals surface area (Å²) >= 11 is 0. The highest BCUT2D eigenvalue weighted by molar-refractivity contribution is 6.04. The number of hydrogen-bond donors (Lipinski definition) is 2. The molecule has 2 fully saturated rings. The van der Waals surface area contributed by atoms with E-state index >= 15 is 0 Å². The van der Waals surface area contributed by atoms with Crippen molar-refractivity contribution in [2.24, 2.45) is 5.92 Å². The Kier molecular flexibility index (Phi) is 7.03. The Bertz CT molecular complexity index is 1440. The van der Waals surface area contributed by atoms with Crippen LogP contribution in [0.15, 0.2) is 60.7 Å². The molecule has 3 aromatic rings. The summed E-state index contributed by atoms with van der Waals surface area (Å²) in [5.41, 5.74) is 0.435. The van der Waals surface area contributed by atoms with Crippen LogP contribution in [0.4, 0.5) is 24.5 Å². The van der Waals surface area contributed by atoms with Gasteiger partial charge in [-0.25, -0.2) is 13.2 Å². The van der Waals surface area contributed by atoms with Gasteiger partial charge in [-0.3, -0.25) is 14.4 Å². The van der Waals surface area contributed by atoms with Crippen LogP contribution in [0, 0.1) is 23.4 Å². The van der Waals surface area contributed by atoms with Crippen molar-refractivity contribution in [2.45, 2.75) is 31.2 Å². The largest absolute Gasteiger partial charge is 0.497 e. The number of carbonyl (C=O) groups is 3. The predicted molar refractivity (Wildman–Crippen MR) is 138 cm³/mol. The van der Waals surface area contributed by atoms with Gasteiger partial charge in [0.05, 0.1) is 24.1 Å². The van der Waals surface area contributed by atoms with E-state index in [1.165, 1.54) is 0 Å². The van der Waals surface area contributed by atoms with E-state index in [2.05, 4.69) is 10.6 Å². The van der Waals surface area contributed by atoms with Gasteiger partial charge in [0.1, 0.15) is 11.6 Å². The molecule has 3 amide bonds. The Morgan fingerprint density at radius 3 is 2.44 bits per heavy atom. The zero-order chi connectivity index (χ0) is 27.7. The first kappa shape index (κ1) is 26.3. The van der Waals surface area contributed by atoms with Gasteiger partial charge in [0.2, 0.25) is 11.8 Å². The molecule has 1 saturated heterocycles. The molecule has 202 valence electrons. The molecule has 0 aromatic heterocycles. The highest BCUT2D eigenvalue weighted by Gasteiger charge is 2.43. The van der Waals surface area contributed by atoms with Gasteiger partial charge < -0.3 is 20.3 Å².